The number of thiocarbonyl (C=S) groups is 1. The van der Waals surface area contributed by atoms with Crippen LogP contribution in [0.2, 0.25) is 0 Å². The van der Waals surface area contributed by atoms with E-state index in [2.05, 4.69) is 13.8 Å². The molecule has 0 fully saturated rings. The van der Waals surface area contributed by atoms with Gasteiger partial charge in [-0.15, -0.1) is 11.8 Å². The first-order valence-corrected chi connectivity index (χ1v) is 7.62. The first-order valence-electron chi connectivity index (χ1n) is 6.33. The summed E-state index contributed by atoms with van der Waals surface area (Å²) < 4.78 is 0. The predicted octanol–water partition coefficient (Wildman–Crippen LogP) is 3.43. The molecule has 0 saturated heterocycles. The molecule has 0 aliphatic carbocycles. The van der Waals surface area contributed by atoms with Crippen LogP contribution in [0.5, 0.6) is 0 Å². The minimum absolute atomic E-state index is 0.0661. The SMILES string of the molecule is CCC(C)C1Sc2ccccc2N(CC(=O)O)C1=S. The quantitative estimate of drug-likeness (QED) is 0.862. The number of aliphatic carboxylic acids is 1. The van der Waals surface area contributed by atoms with E-state index < -0.39 is 5.97 Å². The molecule has 0 amide bonds. The van der Waals surface area contributed by atoms with Crippen molar-refractivity contribution in [1.29, 1.82) is 0 Å². The van der Waals surface area contributed by atoms with E-state index in [-0.39, 0.29) is 11.8 Å². The standard InChI is InChI=1S/C14H17NO2S2/c1-3-9(2)13-14(18)15(8-12(16)17)10-6-4-5-7-11(10)19-13/h4-7,9,13H,3,8H2,1-2H3,(H,16,17). The molecular weight excluding hydrogens is 278 g/mol. The Balaban J connectivity index is 2.39. The predicted molar refractivity (Wildman–Crippen MR) is 83.1 cm³/mol. The number of carboxylic acids is 1. The Kier molecular flexibility index (Phi) is 4.47. The number of hydrogen-bond acceptors (Lipinski definition) is 3. The van der Waals surface area contributed by atoms with Crippen molar-refractivity contribution in [1.82, 2.24) is 0 Å². The molecule has 1 N–H and O–H groups in total. The summed E-state index contributed by atoms with van der Waals surface area (Å²) in [5, 5.41) is 9.26. The molecule has 102 valence electrons. The number of carboxylic acid groups (broad SMARTS) is 1. The van der Waals surface area contributed by atoms with E-state index in [1.807, 2.05) is 24.3 Å². The molecule has 1 aromatic rings. The molecule has 2 rings (SSSR count). The van der Waals surface area contributed by atoms with Crippen molar-refractivity contribution in [3.63, 3.8) is 0 Å². The Hall–Kier alpha value is -1.07. The highest BCUT2D eigenvalue weighted by Gasteiger charge is 2.33. The number of carbonyl (C=O) groups is 1. The zero-order chi connectivity index (χ0) is 14.0. The molecule has 2 unspecified atom stereocenters. The molecule has 1 heterocycles. The molecule has 0 aromatic heterocycles. The maximum Gasteiger partial charge on any atom is 0.323 e. The van der Waals surface area contributed by atoms with Crippen LogP contribution in [0.3, 0.4) is 0 Å². The van der Waals surface area contributed by atoms with E-state index in [0.29, 0.717) is 5.92 Å². The number of thioether (sulfide) groups is 1. The molecule has 0 bridgehead atoms. The van der Waals surface area contributed by atoms with Crippen molar-refractivity contribution in [2.45, 2.75) is 30.4 Å². The van der Waals surface area contributed by atoms with Gasteiger partial charge in [-0.1, -0.05) is 44.6 Å². The van der Waals surface area contributed by atoms with Gasteiger partial charge in [-0.25, -0.2) is 0 Å². The maximum atomic E-state index is 11.1. The summed E-state index contributed by atoms with van der Waals surface area (Å²) in [5.74, 6) is -0.422. The second-order valence-corrected chi connectivity index (χ2v) is 6.31. The summed E-state index contributed by atoms with van der Waals surface area (Å²) in [5.41, 5.74) is 0.916. The van der Waals surface area contributed by atoms with Gasteiger partial charge in [0.15, 0.2) is 0 Å². The Morgan fingerprint density at radius 2 is 2.21 bits per heavy atom. The molecule has 5 heteroatoms. The summed E-state index contributed by atoms with van der Waals surface area (Å²) in [6, 6.07) is 7.86. The van der Waals surface area contributed by atoms with E-state index in [4.69, 9.17) is 17.3 Å². The number of fused-ring (bicyclic) bond motifs is 1. The van der Waals surface area contributed by atoms with Gasteiger partial charge in [-0.3, -0.25) is 4.79 Å². The average molecular weight is 295 g/mol. The molecule has 0 radical (unpaired) electrons. The molecule has 0 saturated carbocycles. The summed E-state index contributed by atoms with van der Waals surface area (Å²) >= 11 is 7.28. The Morgan fingerprint density at radius 1 is 1.53 bits per heavy atom. The van der Waals surface area contributed by atoms with E-state index in [1.165, 1.54) is 0 Å². The second kappa shape index (κ2) is 5.92. The number of nitrogens with zero attached hydrogens (tertiary/aromatic N) is 1. The second-order valence-electron chi connectivity index (χ2n) is 4.71. The summed E-state index contributed by atoms with van der Waals surface area (Å²) in [7, 11) is 0. The largest absolute Gasteiger partial charge is 0.480 e. The molecule has 1 aliphatic heterocycles. The Bertz CT molecular complexity index is 504. The number of para-hydroxylation sites is 1. The lowest BCUT2D eigenvalue weighted by molar-refractivity contribution is -0.135. The van der Waals surface area contributed by atoms with Crippen LogP contribution in [-0.2, 0) is 4.79 Å². The third-order valence-electron chi connectivity index (χ3n) is 3.37. The van der Waals surface area contributed by atoms with Gasteiger partial charge in [0.1, 0.15) is 6.54 Å². The normalized spacial score (nSPS) is 20.0. The lowest BCUT2D eigenvalue weighted by atomic mass is 10.0. The topological polar surface area (TPSA) is 40.5 Å². The lowest BCUT2D eigenvalue weighted by Crippen LogP contribution is -2.44. The first-order chi connectivity index (χ1) is 9.04. The zero-order valence-electron chi connectivity index (χ0n) is 11.0. The third-order valence-corrected chi connectivity index (χ3v) is 5.54. The Morgan fingerprint density at radius 3 is 2.84 bits per heavy atom. The van der Waals surface area contributed by atoms with Gasteiger partial charge < -0.3 is 10.0 Å². The molecule has 1 aromatic carbocycles. The van der Waals surface area contributed by atoms with Crippen LogP contribution in [0.4, 0.5) is 5.69 Å². The van der Waals surface area contributed by atoms with Gasteiger partial charge in [0, 0.05) is 4.90 Å². The van der Waals surface area contributed by atoms with Crippen LogP contribution in [-0.4, -0.2) is 27.9 Å². The maximum absolute atomic E-state index is 11.1. The van der Waals surface area contributed by atoms with Gasteiger partial charge in [0.05, 0.1) is 15.9 Å². The molecule has 1 aliphatic rings. The van der Waals surface area contributed by atoms with Crippen molar-refractivity contribution >= 4 is 40.6 Å². The van der Waals surface area contributed by atoms with Gasteiger partial charge in [-0.2, -0.15) is 0 Å². The Labute approximate surface area is 123 Å². The fourth-order valence-electron chi connectivity index (χ4n) is 2.11. The van der Waals surface area contributed by atoms with Gasteiger partial charge >= 0.3 is 5.97 Å². The molecular formula is C14H17NO2S2. The van der Waals surface area contributed by atoms with E-state index in [9.17, 15) is 4.79 Å². The fourth-order valence-corrected chi connectivity index (χ4v) is 4.03. The van der Waals surface area contributed by atoms with Crippen molar-refractivity contribution in [2.24, 2.45) is 5.92 Å². The molecule has 19 heavy (non-hydrogen) atoms. The smallest absolute Gasteiger partial charge is 0.323 e. The summed E-state index contributed by atoms with van der Waals surface area (Å²) in [4.78, 5) is 14.7. The highest BCUT2D eigenvalue weighted by molar-refractivity contribution is 8.02. The monoisotopic (exact) mass is 295 g/mol. The van der Waals surface area contributed by atoms with Crippen LogP contribution in [0.1, 0.15) is 20.3 Å². The molecule has 2 atom stereocenters. The number of rotatable bonds is 4. The highest BCUT2D eigenvalue weighted by atomic mass is 32.2. The minimum Gasteiger partial charge on any atom is -0.480 e. The van der Waals surface area contributed by atoms with Crippen molar-refractivity contribution in [3.8, 4) is 0 Å². The highest BCUT2D eigenvalue weighted by Crippen LogP contribution is 2.42. The van der Waals surface area contributed by atoms with Crippen LogP contribution in [0.15, 0.2) is 29.2 Å². The van der Waals surface area contributed by atoms with Crippen LogP contribution in [0.25, 0.3) is 0 Å². The van der Waals surface area contributed by atoms with Gasteiger partial charge in [0.2, 0.25) is 0 Å². The van der Waals surface area contributed by atoms with Gasteiger partial charge in [-0.05, 0) is 18.1 Å². The van der Waals surface area contributed by atoms with Crippen molar-refractivity contribution < 1.29 is 9.90 Å². The zero-order valence-corrected chi connectivity index (χ0v) is 12.6. The number of hydrogen-bond donors (Lipinski definition) is 1. The summed E-state index contributed by atoms with van der Waals surface area (Å²) in [6.07, 6.45) is 1.03. The van der Waals surface area contributed by atoms with Crippen LogP contribution in [0, 0.1) is 5.92 Å². The third kappa shape index (κ3) is 2.92. The van der Waals surface area contributed by atoms with E-state index >= 15 is 0 Å². The fraction of sp³-hybridized carbons (Fsp3) is 0.429. The van der Waals surface area contributed by atoms with Crippen LogP contribution < -0.4 is 4.90 Å². The minimum atomic E-state index is -0.855. The average Bonchev–Trinajstić information content (AvgIpc) is 2.40. The van der Waals surface area contributed by atoms with Crippen molar-refractivity contribution in [3.05, 3.63) is 24.3 Å². The lowest BCUT2D eigenvalue weighted by Gasteiger charge is -2.37. The van der Waals surface area contributed by atoms with E-state index in [1.54, 1.807) is 16.7 Å². The first kappa shape index (κ1) is 14.3. The van der Waals surface area contributed by atoms with E-state index in [0.717, 1.165) is 22.0 Å². The molecule has 0 spiro atoms. The number of anilines is 1. The number of benzene rings is 1. The summed E-state index contributed by atoms with van der Waals surface area (Å²) in [6.45, 7) is 4.23. The van der Waals surface area contributed by atoms with Gasteiger partial charge in [0.25, 0.3) is 0 Å². The van der Waals surface area contributed by atoms with Crippen molar-refractivity contribution in [2.75, 3.05) is 11.4 Å². The molecule has 3 nitrogen and oxygen atoms in total. The van der Waals surface area contributed by atoms with Crippen LogP contribution >= 0.6 is 24.0 Å².